The molecular weight excluding hydrogens is 629 g/mol. The second-order valence-electron chi connectivity index (χ2n) is 11.9. The molecular formula is C35H37Cl2N3O4S. The van der Waals surface area contributed by atoms with E-state index < -0.39 is 34.1 Å². The van der Waals surface area contributed by atoms with Gasteiger partial charge in [0.15, 0.2) is 0 Å². The van der Waals surface area contributed by atoms with Crippen LogP contribution in [-0.2, 0) is 32.6 Å². The molecule has 45 heavy (non-hydrogen) atoms. The van der Waals surface area contributed by atoms with Gasteiger partial charge < -0.3 is 10.2 Å². The van der Waals surface area contributed by atoms with Gasteiger partial charge in [0.2, 0.25) is 11.8 Å². The number of sulfonamides is 1. The molecule has 0 bridgehead atoms. The first-order valence-corrected chi connectivity index (χ1v) is 16.7. The standard InChI is InChI=1S/C35H37Cl2N3O4S/c1-25-10-18-30(19-11-25)40(45(43,44)31-20-16-29(37)17-21-31)24-33(41)39(23-27-12-14-28(36)15-13-27)32(34(42)38-35(2,3)4)22-26-8-6-5-7-9-26/h5-21,32H,22-24H2,1-4H3,(H,38,42)/t32-/m1/s1. The summed E-state index contributed by atoms with van der Waals surface area (Å²) in [6, 6.07) is 28.1. The molecule has 0 fully saturated rings. The predicted molar refractivity (Wildman–Crippen MR) is 181 cm³/mol. The van der Waals surface area contributed by atoms with Crippen LogP contribution in [0, 0.1) is 6.92 Å². The first-order valence-electron chi connectivity index (χ1n) is 14.5. The molecule has 4 aromatic carbocycles. The fourth-order valence-corrected chi connectivity index (χ4v) is 6.43. The van der Waals surface area contributed by atoms with Crippen LogP contribution >= 0.6 is 23.2 Å². The molecule has 0 spiro atoms. The number of carbonyl (C=O) groups excluding carboxylic acids is 2. The van der Waals surface area contributed by atoms with Gasteiger partial charge in [-0.1, -0.05) is 83.4 Å². The van der Waals surface area contributed by atoms with Crippen LogP contribution in [0.3, 0.4) is 0 Å². The summed E-state index contributed by atoms with van der Waals surface area (Å²) in [5, 5.41) is 3.94. The van der Waals surface area contributed by atoms with Crippen LogP contribution in [0.4, 0.5) is 5.69 Å². The molecule has 1 N–H and O–H groups in total. The molecule has 0 radical (unpaired) electrons. The monoisotopic (exact) mass is 665 g/mol. The van der Waals surface area contributed by atoms with Gasteiger partial charge >= 0.3 is 0 Å². The molecule has 0 saturated heterocycles. The quantitative estimate of drug-likeness (QED) is 0.186. The fourth-order valence-electron chi connectivity index (χ4n) is 4.77. The van der Waals surface area contributed by atoms with E-state index in [2.05, 4.69) is 5.32 Å². The number of nitrogens with one attached hydrogen (secondary N) is 1. The third-order valence-corrected chi connectivity index (χ3v) is 9.33. The Kier molecular flexibility index (Phi) is 11.0. The first-order chi connectivity index (χ1) is 21.2. The maximum atomic E-state index is 14.5. The lowest BCUT2D eigenvalue weighted by atomic mass is 10.0. The van der Waals surface area contributed by atoms with E-state index in [4.69, 9.17) is 23.2 Å². The van der Waals surface area contributed by atoms with Crippen molar-refractivity contribution in [2.45, 2.75) is 57.1 Å². The molecule has 0 saturated carbocycles. The van der Waals surface area contributed by atoms with E-state index in [1.807, 2.05) is 58.0 Å². The number of aryl methyl sites for hydroxylation is 1. The molecule has 236 valence electrons. The molecule has 7 nitrogen and oxygen atoms in total. The van der Waals surface area contributed by atoms with Gasteiger partial charge in [0, 0.05) is 28.5 Å². The summed E-state index contributed by atoms with van der Waals surface area (Å²) in [6.07, 6.45) is 0.219. The highest BCUT2D eigenvalue weighted by Crippen LogP contribution is 2.26. The SMILES string of the molecule is Cc1ccc(N(CC(=O)N(Cc2ccc(Cl)cc2)[C@H](Cc2ccccc2)C(=O)NC(C)(C)C)S(=O)(=O)c2ccc(Cl)cc2)cc1. The summed E-state index contributed by atoms with van der Waals surface area (Å²) in [6.45, 7) is 7.00. The largest absolute Gasteiger partial charge is 0.350 e. The number of nitrogens with zero attached hydrogens (tertiary/aromatic N) is 2. The van der Waals surface area contributed by atoms with Gasteiger partial charge in [-0.3, -0.25) is 13.9 Å². The summed E-state index contributed by atoms with van der Waals surface area (Å²) >= 11 is 12.2. The van der Waals surface area contributed by atoms with Crippen molar-refractivity contribution in [3.63, 3.8) is 0 Å². The number of rotatable bonds is 11. The van der Waals surface area contributed by atoms with Gasteiger partial charge in [0.05, 0.1) is 10.6 Å². The Bertz CT molecular complexity index is 1710. The van der Waals surface area contributed by atoms with Gasteiger partial charge in [-0.15, -0.1) is 0 Å². The number of halogens is 2. The molecule has 4 rings (SSSR count). The number of benzene rings is 4. The molecule has 0 aliphatic rings. The smallest absolute Gasteiger partial charge is 0.264 e. The summed E-state index contributed by atoms with van der Waals surface area (Å²) in [7, 11) is -4.22. The Hall–Kier alpha value is -3.85. The molecule has 2 amide bonds. The molecule has 0 heterocycles. The van der Waals surface area contributed by atoms with Gasteiger partial charge in [-0.05, 0) is 87.4 Å². The predicted octanol–water partition coefficient (Wildman–Crippen LogP) is 7.05. The Balaban J connectivity index is 1.81. The first kappa shape index (κ1) is 34.0. The minimum Gasteiger partial charge on any atom is -0.350 e. The van der Waals surface area contributed by atoms with Gasteiger partial charge in [-0.25, -0.2) is 8.42 Å². The molecule has 10 heteroatoms. The number of amides is 2. The Labute approximate surface area is 275 Å². The molecule has 4 aromatic rings. The van der Waals surface area contributed by atoms with Gasteiger partial charge in [-0.2, -0.15) is 0 Å². The van der Waals surface area contributed by atoms with E-state index in [-0.39, 0.29) is 23.8 Å². The maximum absolute atomic E-state index is 14.5. The van der Waals surface area contributed by atoms with Crippen molar-refractivity contribution in [3.05, 3.63) is 130 Å². The maximum Gasteiger partial charge on any atom is 0.264 e. The zero-order valence-electron chi connectivity index (χ0n) is 25.7. The lowest BCUT2D eigenvalue weighted by molar-refractivity contribution is -0.140. The van der Waals surface area contributed by atoms with E-state index in [0.29, 0.717) is 15.7 Å². The van der Waals surface area contributed by atoms with Crippen LogP contribution < -0.4 is 9.62 Å². The zero-order valence-corrected chi connectivity index (χ0v) is 28.0. The van der Waals surface area contributed by atoms with Crippen LogP contribution in [0.15, 0.2) is 108 Å². The Morgan fingerprint density at radius 1 is 0.778 bits per heavy atom. The number of hydrogen-bond acceptors (Lipinski definition) is 4. The van der Waals surface area contributed by atoms with Crippen LogP contribution in [0.2, 0.25) is 10.0 Å². The normalized spacial score (nSPS) is 12.3. The average Bonchev–Trinajstić information content (AvgIpc) is 2.99. The molecule has 0 aliphatic carbocycles. The fraction of sp³-hybridized carbons (Fsp3) is 0.257. The molecule has 0 aromatic heterocycles. The van der Waals surface area contributed by atoms with Crippen molar-refractivity contribution in [2.24, 2.45) is 0 Å². The minimum absolute atomic E-state index is 0.0177. The lowest BCUT2D eigenvalue weighted by Gasteiger charge is -2.35. The third-order valence-electron chi connectivity index (χ3n) is 7.04. The van der Waals surface area contributed by atoms with Crippen LogP contribution in [0.5, 0.6) is 0 Å². The lowest BCUT2D eigenvalue weighted by Crippen LogP contribution is -2.56. The molecule has 1 atom stereocenters. The average molecular weight is 667 g/mol. The van der Waals surface area contributed by atoms with E-state index >= 15 is 0 Å². The van der Waals surface area contributed by atoms with Gasteiger partial charge in [0.25, 0.3) is 10.0 Å². The van der Waals surface area contributed by atoms with Gasteiger partial charge in [0.1, 0.15) is 12.6 Å². The topological polar surface area (TPSA) is 86.8 Å². The highest BCUT2D eigenvalue weighted by atomic mass is 35.5. The van der Waals surface area contributed by atoms with E-state index in [0.717, 1.165) is 21.0 Å². The third kappa shape index (κ3) is 9.33. The summed E-state index contributed by atoms with van der Waals surface area (Å²) in [5.41, 5.74) is 2.25. The number of carbonyl (C=O) groups is 2. The summed E-state index contributed by atoms with van der Waals surface area (Å²) < 4.78 is 29.2. The van der Waals surface area contributed by atoms with Crippen molar-refractivity contribution in [1.82, 2.24) is 10.2 Å². The minimum atomic E-state index is -4.22. The zero-order chi connectivity index (χ0) is 32.8. The summed E-state index contributed by atoms with van der Waals surface area (Å²) in [4.78, 5) is 29.9. The second kappa shape index (κ2) is 14.5. The van der Waals surface area contributed by atoms with Crippen molar-refractivity contribution in [1.29, 1.82) is 0 Å². The highest BCUT2D eigenvalue weighted by molar-refractivity contribution is 7.92. The molecule has 0 aliphatic heterocycles. The van der Waals surface area contributed by atoms with E-state index in [1.54, 1.807) is 48.5 Å². The van der Waals surface area contributed by atoms with E-state index in [1.165, 1.54) is 29.2 Å². The van der Waals surface area contributed by atoms with Crippen LogP contribution in [-0.4, -0.2) is 43.3 Å². The Morgan fingerprint density at radius 2 is 1.33 bits per heavy atom. The van der Waals surface area contributed by atoms with Crippen molar-refractivity contribution in [2.75, 3.05) is 10.8 Å². The van der Waals surface area contributed by atoms with Crippen molar-refractivity contribution in [3.8, 4) is 0 Å². The second-order valence-corrected chi connectivity index (χ2v) is 14.6. The van der Waals surface area contributed by atoms with E-state index in [9.17, 15) is 18.0 Å². The van der Waals surface area contributed by atoms with Crippen molar-refractivity contribution >= 4 is 50.7 Å². The number of hydrogen-bond donors (Lipinski definition) is 1. The number of anilines is 1. The van der Waals surface area contributed by atoms with Crippen molar-refractivity contribution < 1.29 is 18.0 Å². The van der Waals surface area contributed by atoms with Crippen LogP contribution in [0.1, 0.15) is 37.5 Å². The summed E-state index contributed by atoms with van der Waals surface area (Å²) in [5.74, 6) is -0.899. The molecule has 0 unspecified atom stereocenters. The highest BCUT2D eigenvalue weighted by Gasteiger charge is 2.35. The Morgan fingerprint density at radius 3 is 1.89 bits per heavy atom. The van der Waals surface area contributed by atoms with Crippen LogP contribution in [0.25, 0.3) is 0 Å².